The maximum Gasteiger partial charge on any atom is 0.424 e. The van der Waals surface area contributed by atoms with Gasteiger partial charge in [0.2, 0.25) is 11.5 Å². The van der Waals surface area contributed by atoms with E-state index in [1.54, 1.807) is 24.3 Å². The van der Waals surface area contributed by atoms with Gasteiger partial charge in [-0.2, -0.15) is 18.3 Å². The number of aromatic nitrogens is 4. The topological polar surface area (TPSA) is 165 Å². The summed E-state index contributed by atoms with van der Waals surface area (Å²) in [5.74, 6) is -2.17. The van der Waals surface area contributed by atoms with Crippen LogP contribution in [0.25, 0.3) is 22.2 Å². The Kier molecular flexibility index (Phi) is 7.71. The van der Waals surface area contributed by atoms with Gasteiger partial charge in [-0.15, -0.1) is 5.10 Å². The molecule has 0 aliphatic carbocycles. The number of nitrogens with two attached hydrogens (primary N) is 1. The normalized spacial score (nSPS) is 17.0. The molecule has 0 radical (unpaired) electrons. The molecule has 2 amide bonds. The molecular weight excluding hydrogens is 622 g/mol. The number of alkyl halides is 3. The van der Waals surface area contributed by atoms with Gasteiger partial charge in [0.05, 0.1) is 23.4 Å². The minimum absolute atomic E-state index is 0.0388. The molecule has 0 spiro atoms. The van der Waals surface area contributed by atoms with Crippen molar-refractivity contribution in [3.8, 4) is 17.0 Å². The number of halogens is 4. The summed E-state index contributed by atoms with van der Waals surface area (Å²) in [7, 11) is 0. The summed E-state index contributed by atoms with van der Waals surface area (Å²) in [6.07, 6.45) is -2.38. The summed E-state index contributed by atoms with van der Waals surface area (Å²) >= 11 is 0. The number of nitrogens with zero attached hydrogens (tertiary/aromatic N) is 4. The molecule has 5 N–H and O–H groups in total. The minimum atomic E-state index is -5.38. The van der Waals surface area contributed by atoms with E-state index in [-0.39, 0.29) is 34.7 Å². The standard InChI is InChI=1S/C32H25F4N7O4/c1-30(29(37)45)16-47-27-21(30)14-23(42-26(27)17-6-8-20(33)9-7-17)31(46,32(34,35)36)15-39-28(44)19-12-18-4-2-10-38-25(18)22(13-19)41-24-5-3-11-40-43-24/h2-14,46H,15-16H2,1H3,(H2,37,45)(H,39,44)(H,41,43)/t30-,31?/m0/s1. The van der Waals surface area contributed by atoms with E-state index < -0.39 is 47.1 Å². The van der Waals surface area contributed by atoms with Crippen LogP contribution >= 0.6 is 0 Å². The van der Waals surface area contributed by atoms with Crippen LogP contribution in [0.15, 0.2) is 79.1 Å². The maximum atomic E-state index is 14.8. The van der Waals surface area contributed by atoms with E-state index in [1.807, 2.05) is 0 Å². The van der Waals surface area contributed by atoms with Crippen molar-refractivity contribution >= 4 is 34.2 Å². The molecule has 15 heteroatoms. The Hall–Kier alpha value is -5.70. The first-order chi connectivity index (χ1) is 22.3. The van der Waals surface area contributed by atoms with Crippen LogP contribution < -0.4 is 21.1 Å². The minimum Gasteiger partial charge on any atom is -0.489 e. The van der Waals surface area contributed by atoms with Crippen molar-refractivity contribution < 1.29 is 37.0 Å². The number of benzene rings is 2. The predicted octanol–water partition coefficient (Wildman–Crippen LogP) is 4.28. The Bertz CT molecular complexity index is 2010. The second kappa shape index (κ2) is 11.6. The maximum absolute atomic E-state index is 14.8. The lowest BCUT2D eigenvalue weighted by atomic mass is 9.81. The van der Waals surface area contributed by atoms with Crippen molar-refractivity contribution in [2.45, 2.75) is 24.1 Å². The van der Waals surface area contributed by atoms with Gasteiger partial charge in [0, 0.05) is 34.5 Å². The number of hydrogen-bond donors (Lipinski definition) is 4. The molecule has 0 fully saturated rings. The number of carbonyl (C=O) groups excluding carboxylic acids is 2. The fourth-order valence-electron chi connectivity index (χ4n) is 5.17. The lowest BCUT2D eigenvalue weighted by Crippen LogP contribution is -2.51. The molecule has 2 aromatic carbocycles. The quantitative estimate of drug-likeness (QED) is 0.180. The smallest absolute Gasteiger partial charge is 0.424 e. The Labute approximate surface area is 263 Å². The van der Waals surface area contributed by atoms with E-state index in [9.17, 15) is 32.3 Å². The number of fused-ring (bicyclic) bond motifs is 2. The number of primary amides is 1. The number of aliphatic hydroxyl groups is 1. The van der Waals surface area contributed by atoms with Gasteiger partial charge in [0.1, 0.15) is 29.3 Å². The Morgan fingerprint density at radius 2 is 1.81 bits per heavy atom. The zero-order valence-electron chi connectivity index (χ0n) is 24.5. The summed E-state index contributed by atoms with van der Waals surface area (Å²) in [4.78, 5) is 34.3. The van der Waals surface area contributed by atoms with Gasteiger partial charge in [-0.3, -0.25) is 14.6 Å². The second-order valence-electron chi connectivity index (χ2n) is 11.1. The number of nitrogens with one attached hydrogen (secondary N) is 2. The number of rotatable bonds is 8. The van der Waals surface area contributed by atoms with Crippen molar-refractivity contribution in [2.75, 3.05) is 18.5 Å². The Balaban J connectivity index is 1.40. The first-order valence-electron chi connectivity index (χ1n) is 14.1. The molecule has 2 atom stereocenters. The predicted molar refractivity (Wildman–Crippen MR) is 161 cm³/mol. The van der Waals surface area contributed by atoms with Gasteiger partial charge in [0.15, 0.2) is 5.82 Å². The number of anilines is 2. The Morgan fingerprint density at radius 3 is 2.49 bits per heavy atom. The van der Waals surface area contributed by atoms with Crippen molar-refractivity contribution in [1.29, 1.82) is 0 Å². The molecule has 5 aromatic rings. The van der Waals surface area contributed by atoms with E-state index in [2.05, 4.69) is 30.8 Å². The van der Waals surface area contributed by atoms with Crippen LogP contribution in [-0.4, -0.2) is 56.4 Å². The van der Waals surface area contributed by atoms with Crippen LogP contribution in [0.5, 0.6) is 5.75 Å². The number of carbonyl (C=O) groups is 2. The van der Waals surface area contributed by atoms with Gasteiger partial charge in [0.25, 0.3) is 5.91 Å². The monoisotopic (exact) mass is 647 g/mol. The molecule has 240 valence electrons. The second-order valence-corrected chi connectivity index (χ2v) is 11.1. The third kappa shape index (κ3) is 5.65. The lowest BCUT2D eigenvalue weighted by molar-refractivity contribution is -0.265. The van der Waals surface area contributed by atoms with Crippen molar-refractivity contribution in [2.24, 2.45) is 5.73 Å². The lowest BCUT2D eigenvalue weighted by Gasteiger charge is -2.31. The molecule has 0 bridgehead atoms. The van der Waals surface area contributed by atoms with Gasteiger partial charge in [-0.05, 0) is 67.6 Å². The number of hydrogen-bond acceptors (Lipinski definition) is 9. The molecule has 3 aromatic heterocycles. The SMILES string of the molecule is C[C@]1(C(N)=O)COc2c1cc(C(O)(CNC(=O)c1cc(Nc3cccnn3)c3ncccc3c1)C(F)(F)F)nc2-c1ccc(F)cc1. The molecule has 1 unspecified atom stereocenters. The summed E-state index contributed by atoms with van der Waals surface area (Å²) < 4.78 is 63.8. The van der Waals surface area contributed by atoms with Crippen molar-refractivity contribution in [1.82, 2.24) is 25.5 Å². The van der Waals surface area contributed by atoms with Crippen LogP contribution in [0.4, 0.5) is 29.1 Å². The average Bonchev–Trinajstić information content (AvgIpc) is 3.41. The highest BCUT2D eigenvalue weighted by Gasteiger charge is 2.57. The first-order valence-corrected chi connectivity index (χ1v) is 14.1. The molecule has 11 nitrogen and oxygen atoms in total. The van der Waals surface area contributed by atoms with Gasteiger partial charge < -0.3 is 26.2 Å². The first kappa shape index (κ1) is 31.3. The third-order valence-electron chi connectivity index (χ3n) is 7.93. The van der Waals surface area contributed by atoms with E-state index in [0.29, 0.717) is 22.4 Å². The van der Waals surface area contributed by atoms with E-state index in [4.69, 9.17) is 10.5 Å². The average molecular weight is 648 g/mol. The largest absolute Gasteiger partial charge is 0.489 e. The zero-order valence-corrected chi connectivity index (χ0v) is 24.5. The third-order valence-corrected chi connectivity index (χ3v) is 7.93. The van der Waals surface area contributed by atoms with E-state index >= 15 is 0 Å². The molecule has 1 aliphatic rings. The zero-order chi connectivity index (χ0) is 33.6. The summed E-state index contributed by atoms with van der Waals surface area (Å²) in [6.45, 7) is -0.287. The van der Waals surface area contributed by atoms with E-state index in [1.165, 1.54) is 43.6 Å². The number of pyridine rings is 2. The molecule has 6 rings (SSSR count). The van der Waals surface area contributed by atoms with E-state index in [0.717, 1.165) is 18.2 Å². The van der Waals surface area contributed by atoms with Crippen LogP contribution in [0.3, 0.4) is 0 Å². The van der Waals surface area contributed by atoms with Gasteiger partial charge >= 0.3 is 6.18 Å². The van der Waals surface area contributed by atoms with Crippen LogP contribution in [0.2, 0.25) is 0 Å². The van der Waals surface area contributed by atoms with Crippen LogP contribution in [0.1, 0.15) is 28.5 Å². The Morgan fingerprint density at radius 1 is 1.06 bits per heavy atom. The van der Waals surface area contributed by atoms with Crippen molar-refractivity contribution in [3.05, 3.63) is 102 Å². The molecule has 1 aliphatic heterocycles. The fourth-order valence-corrected chi connectivity index (χ4v) is 5.17. The summed E-state index contributed by atoms with van der Waals surface area (Å²) in [6, 6.07) is 14.9. The fraction of sp³-hybridized carbons (Fsp3) is 0.188. The number of amides is 2. The highest BCUT2D eigenvalue weighted by Crippen LogP contribution is 2.47. The summed E-state index contributed by atoms with van der Waals surface area (Å²) in [5, 5.41) is 24.8. The van der Waals surface area contributed by atoms with Crippen LogP contribution in [0, 0.1) is 5.82 Å². The van der Waals surface area contributed by atoms with Gasteiger partial charge in [-0.1, -0.05) is 6.07 Å². The molecular formula is C32H25F4N7O4. The highest BCUT2D eigenvalue weighted by molar-refractivity contribution is 6.02. The number of ether oxygens (including phenoxy) is 1. The molecule has 0 saturated heterocycles. The van der Waals surface area contributed by atoms with Crippen molar-refractivity contribution in [3.63, 3.8) is 0 Å². The molecule has 4 heterocycles. The summed E-state index contributed by atoms with van der Waals surface area (Å²) in [5.41, 5.74) is -0.00505. The molecule has 0 saturated carbocycles. The van der Waals surface area contributed by atoms with Gasteiger partial charge in [-0.25, -0.2) is 9.37 Å². The highest BCUT2D eigenvalue weighted by atomic mass is 19.4. The van der Waals surface area contributed by atoms with Crippen LogP contribution in [-0.2, 0) is 15.8 Å². The molecule has 47 heavy (non-hydrogen) atoms.